The van der Waals surface area contributed by atoms with Crippen LogP contribution in [-0.2, 0) is 9.59 Å². The van der Waals surface area contributed by atoms with Crippen molar-refractivity contribution >= 4 is 11.8 Å². The molecule has 0 aromatic heterocycles. The number of ketones is 1. The zero-order chi connectivity index (χ0) is 15.5. The van der Waals surface area contributed by atoms with Gasteiger partial charge in [-0.15, -0.1) is 0 Å². The van der Waals surface area contributed by atoms with Crippen molar-refractivity contribution in [3.63, 3.8) is 0 Å². The molecular weight excluding hydrogens is 278 g/mol. The van der Waals surface area contributed by atoms with E-state index in [2.05, 4.69) is 4.90 Å². The van der Waals surface area contributed by atoms with E-state index in [1.54, 1.807) is 0 Å². The van der Waals surface area contributed by atoms with Gasteiger partial charge >= 0.3 is 5.97 Å². The summed E-state index contributed by atoms with van der Waals surface area (Å²) in [6.07, 6.45) is 12.8. The van der Waals surface area contributed by atoms with Gasteiger partial charge in [0.2, 0.25) is 0 Å². The summed E-state index contributed by atoms with van der Waals surface area (Å²) >= 11 is 0. The number of hydrogen-bond acceptors (Lipinski definition) is 3. The average Bonchev–Trinajstić information content (AvgIpc) is 3.29. The van der Waals surface area contributed by atoms with Gasteiger partial charge in [-0.05, 0) is 24.8 Å². The number of aliphatic carboxylic acids is 1. The molecular formula is C18H25NO3. The highest BCUT2D eigenvalue weighted by Crippen LogP contribution is 2.34. The Hall–Kier alpha value is -1.58. The van der Waals surface area contributed by atoms with Gasteiger partial charge in [0.15, 0.2) is 5.78 Å². The van der Waals surface area contributed by atoms with Gasteiger partial charge in [0.1, 0.15) is 6.04 Å². The molecule has 1 saturated carbocycles. The number of hydrogen-bond donors (Lipinski definition) is 1. The Morgan fingerprint density at radius 1 is 1.14 bits per heavy atom. The lowest BCUT2D eigenvalue weighted by Gasteiger charge is -2.21. The molecule has 120 valence electrons. The summed E-state index contributed by atoms with van der Waals surface area (Å²) in [4.78, 5) is 25.3. The fraction of sp³-hybridized carbons (Fsp3) is 0.667. The summed E-state index contributed by atoms with van der Waals surface area (Å²) in [7, 11) is 0. The SMILES string of the molecule is O=C(O)CC1=CC=C(N2CC2C(=O)CC2CCCCC2)CC1. The highest BCUT2D eigenvalue weighted by molar-refractivity contribution is 5.87. The largest absolute Gasteiger partial charge is 0.481 e. The number of rotatable bonds is 6. The molecule has 1 N–H and O–H groups in total. The van der Waals surface area contributed by atoms with Crippen molar-refractivity contribution < 1.29 is 14.7 Å². The van der Waals surface area contributed by atoms with Gasteiger partial charge < -0.3 is 10.0 Å². The third kappa shape index (κ3) is 3.79. The standard InChI is InChI=1S/C18H25NO3/c20-17(10-13-4-2-1-3-5-13)16-12-19(16)15-8-6-14(7-9-15)11-18(21)22/h6,8,13,16H,1-5,7,9-12H2,(H,21,22). The van der Waals surface area contributed by atoms with E-state index in [-0.39, 0.29) is 12.5 Å². The molecule has 0 amide bonds. The number of Topliss-reactive ketones (excluding diaryl/α,β-unsaturated/α-hetero) is 1. The molecule has 4 heteroatoms. The first kappa shape index (κ1) is 15.3. The molecule has 1 unspecified atom stereocenters. The molecule has 1 heterocycles. The van der Waals surface area contributed by atoms with Crippen LogP contribution < -0.4 is 0 Å². The number of carbonyl (C=O) groups is 2. The van der Waals surface area contributed by atoms with Gasteiger partial charge in [0.25, 0.3) is 0 Å². The predicted molar refractivity (Wildman–Crippen MR) is 84.3 cm³/mol. The average molecular weight is 303 g/mol. The monoisotopic (exact) mass is 303 g/mol. The van der Waals surface area contributed by atoms with E-state index in [0.717, 1.165) is 31.4 Å². The van der Waals surface area contributed by atoms with Crippen molar-refractivity contribution in [2.45, 2.75) is 63.8 Å². The first-order valence-corrected chi connectivity index (χ1v) is 8.53. The first-order valence-electron chi connectivity index (χ1n) is 8.53. The smallest absolute Gasteiger partial charge is 0.307 e. The fourth-order valence-corrected chi connectivity index (χ4v) is 3.79. The Labute approximate surface area is 131 Å². The summed E-state index contributed by atoms with van der Waals surface area (Å²) in [6.45, 7) is 0.861. The minimum Gasteiger partial charge on any atom is -0.481 e. The second-order valence-electron chi connectivity index (χ2n) is 6.90. The molecule has 1 atom stereocenters. The van der Waals surface area contributed by atoms with Crippen LogP contribution in [0.3, 0.4) is 0 Å². The Kier molecular flexibility index (Phi) is 4.65. The summed E-state index contributed by atoms with van der Waals surface area (Å²) in [5.74, 6) is 0.259. The Bertz CT molecular complexity index is 514. The molecule has 2 aliphatic carbocycles. The molecule has 0 radical (unpaired) electrons. The molecule has 4 nitrogen and oxygen atoms in total. The minimum absolute atomic E-state index is 0.0996. The van der Waals surface area contributed by atoms with Crippen molar-refractivity contribution in [2.75, 3.05) is 6.54 Å². The first-order chi connectivity index (χ1) is 10.6. The Balaban J connectivity index is 1.49. The van der Waals surface area contributed by atoms with Crippen molar-refractivity contribution in [1.82, 2.24) is 4.90 Å². The van der Waals surface area contributed by atoms with Crippen LogP contribution in [0.1, 0.15) is 57.8 Å². The maximum atomic E-state index is 12.4. The van der Waals surface area contributed by atoms with Crippen LogP contribution in [0.5, 0.6) is 0 Å². The van der Waals surface area contributed by atoms with E-state index in [1.807, 2.05) is 12.2 Å². The molecule has 1 aliphatic heterocycles. The number of carboxylic acid groups (broad SMARTS) is 1. The second kappa shape index (κ2) is 6.67. The van der Waals surface area contributed by atoms with E-state index < -0.39 is 5.97 Å². The van der Waals surface area contributed by atoms with Gasteiger partial charge in [0.05, 0.1) is 6.42 Å². The summed E-state index contributed by atoms with van der Waals surface area (Å²) in [5.41, 5.74) is 2.18. The molecule has 1 saturated heterocycles. The van der Waals surface area contributed by atoms with Crippen molar-refractivity contribution in [2.24, 2.45) is 5.92 Å². The summed E-state index contributed by atoms with van der Waals surface area (Å²) < 4.78 is 0. The lowest BCUT2D eigenvalue weighted by Crippen LogP contribution is -2.19. The highest BCUT2D eigenvalue weighted by atomic mass is 16.4. The minimum atomic E-state index is -0.768. The summed E-state index contributed by atoms with van der Waals surface area (Å²) in [6, 6.07) is 0.0996. The zero-order valence-electron chi connectivity index (χ0n) is 13.1. The normalized spacial score (nSPS) is 25.5. The van der Waals surface area contributed by atoms with Crippen LogP contribution in [0.15, 0.2) is 23.4 Å². The zero-order valence-corrected chi connectivity index (χ0v) is 13.1. The summed E-state index contributed by atoms with van der Waals surface area (Å²) in [5, 5.41) is 8.81. The van der Waals surface area contributed by atoms with Crippen LogP contribution in [0, 0.1) is 5.92 Å². The topological polar surface area (TPSA) is 57.4 Å². The molecule has 0 bridgehead atoms. The number of allylic oxidation sites excluding steroid dienone is 3. The van der Waals surface area contributed by atoms with Crippen molar-refractivity contribution in [3.05, 3.63) is 23.4 Å². The highest BCUT2D eigenvalue weighted by Gasteiger charge is 2.41. The van der Waals surface area contributed by atoms with E-state index >= 15 is 0 Å². The number of carbonyl (C=O) groups excluding carboxylic acids is 1. The van der Waals surface area contributed by atoms with Gasteiger partial charge in [0, 0.05) is 18.7 Å². The molecule has 0 spiro atoms. The lowest BCUT2D eigenvalue weighted by atomic mass is 9.85. The molecule has 22 heavy (non-hydrogen) atoms. The lowest BCUT2D eigenvalue weighted by molar-refractivity contribution is -0.136. The van der Waals surface area contributed by atoms with Gasteiger partial charge in [-0.2, -0.15) is 0 Å². The van der Waals surface area contributed by atoms with Crippen LogP contribution in [-0.4, -0.2) is 34.3 Å². The van der Waals surface area contributed by atoms with Crippen molar-refractivity contribution in [1.29, 1.82) is 0 Å². The van der Waals surface area contributed by atoms with Crippen LogP contribution in [0.25, 0.3) is 0 Å². The van der Waals surface area contributed by atoms with Crippen molar-refractivity contribution in [3.8, 4) is 0 Å². The van der Waals surface area contributed by atoms with Crippen LogP contribution in [0.2, 0.25) is 0 Å². The molecule has 0 aromatic carbocycles. The fourth-order valence-electron chi connectivity index (χ4n) is 3.79. The van der Waals surface area contributed by atoms with E-state index in [0.29, 0.717) is 11.7 Å². The predicted octanol–water partition coefficient (Wildman–Crippen LogP) is 3.29. The van der Waals surface area contributed by atoms with E-state index in [9.17, 15) is 9.59 Å². The third-order valence-corrected chi connectivity index (χ3v) is 5.16. The van der Waals surface area contributed by atoms with Crippen LogP contribution >= 0.6 is 0 Å². The maximum absolute atomic E-state index is 12.4. The number of nitrogens with zero attached hydrogens (tertiary/aromatic N) is 1. The molecule has 0 aromatic rings. The molecule has 2 fully saturated rings. The second-order valence-corrected chi connectivity index (χ2v) is 6.90. The van der Waals surface area contributed by atoms with E-state index in [1.165, 1.54) is 37.8 Å². The molecule has 3 rings (SSSR count). The van der Waals surface area contributed by atoms with Gasteiger partial charge in [-0.3, -0.25) is 9.59 Å². The Morgan fingerprint density at radius 2 is 1.91 bits per heavy atom. The van der Waals surface area contributed by atoms with Gasteiger partial charge in [-0.1, -0.05) is 43.8 Å². The van der Waals surface area contributed by atoms with Gasteiger partial charge in [-0.25, -0.2) is 0 Å². The Morgan fingerprint density at radius 3 is 2.55 bits per heavy atom. The van der Waals surface area contributed by atoms with E-state index in [4.69, 9.17) is 5.11 Å². The maximum Gasteiger partial charge on any atom is 0.307 e. The number of carboxylic acids is 1. The van der Waals surface area contributed by atoms with Crippen LogP contribution in [0.4, 0.5) is 0 Å². The third-order valence-electron chi connectivity index (χ3n) is 5.16. The molecule has 3 aliphatic rings. The quantitative estimate of drug-likeness (QED) is 0.765.